The predicted octanol–water partition coefficient (Wildman–Crippen LogP) is 1.45. The summed E-state index contributed by atoms with van der Waals surface area (Å²) >= 11 is 0. The maximum absolute atomic E-state index is 5.57. The summed E-state index contributed by atoms with van der Waals surface area (Å²) in [5, 5.41) is 0. The van der Waals surface area contributed by atoms with Crippen molar-refractivity contribution in [2.45, 2.75) is 12.5 Å². The highest BCUT2D eigenvalue weighted by molar-refractivity contribution is 5.41. The van der Waals surface area contributed by atoms with Gasteiger partial charge in [0.1, 0.15) is 12.4 Å². The van der Waals surface area contributed by atoms with E-state index in [-0.39, 0.29) is 6.10 Å². The van der Waals surface area contributed by atoms with Crippen LogP contribution in [0.4, 0.5) is 5.69 Å². The lowest BCUT2D eigenvalue weighted by Crippen LogP contribution is -2.16. The summed E-state index contributed by atoms with van der Waals surface area (Å²) in [6.45, 7) is 2.67. The monoisotopic (exact) mass is 223 g/mol. The standard InChI is InChI=1S/C12H17NO3/c13-10-1-3-11(4-2-10)15-7-8-16-12-5-6-14-9-12/h1-4,12H,5-9,13H2. The highest BCUT2D eigenvalue weighted by atomic mass is 16.6. The number of anilines is 1. The van der Waals surface area contributed by atoms with E-state index in [2.05, 4.69) is 0 Å². The van der Waals surface area contributed by atoms with Crippen LogP contribution in [0.15, 0.2) is 24.3 Å². The van der Waals surface area contributed by atoms with E-state index in [1.165, 1.54) is 0 Å². The van der Waals surface area contributed by atoms with Crippen LogP contribution in [0.25, 0.3) is 0 Å². The van der Waals surface area contributed by atoms with Crippen molar-refractivity contribution in [2.75, 3.05) is 32.2 Å². The van der Waals surface area contributed by atoms with Crippen LogP contribution in [-0.2, 0) is 9.47 Å². The third-order valence-electron chi connectivity index (χ3n) is 2.47. The molecular formula is C12H17NO3. The normalized spacial score (nSPS) is 19.9. The zero-order valence-corrected chi connectivity index (χ0v) is 9.22. The minimum absolute atomic E-state index is 0.245. The fourth-order valence-corrected chi connectivity index (χ4v) is 1.58. The van der Waals surface area contributed by atoms with Gasteiger partial charge < -0.3 is 19.9 Å². The Hall–Kier alpha value is -1.26. The van der Waals surface area contributed by atoms with Crippen molar-refractivity contribution in [2.24, 2.45) is 0 Å². The summed E-state index contributed by atoms with van der Waals surface area (Å²) < 4.78 is 16.3. The van der Waals surface area contributed by atoms with Gasteiger partial charge in [-0.3, -0.25) is 0 Å². The van der Waals surface area contributed by atoms with Gasteiger partial charge in [-0.25, -0.2) is 0 Å². The molecule has 2 N–H and O–H groups in total. The van der Waals surface area contributed by atoms with Gasteiger partial charge in [0.15, 0.2) is 0 Å². The smallest absolute Gasteiger partial charge is 0.119 e. The summed E-state index contributed by atoms with van der Waals surface area (Å²) in [5.74, 6) is 0.820. The molecule has 1 atom stereocenters. The van der Waals surface area contributed by atoms with E-state index in [1.54, 1.807) is 0 Å². The number of ether oxygens (including phenoxy) is 3. The summed E-state index contributed by atoms with van der Waals surface area (Å²) in [6, 6.07) is 7.35. The molecule has 0 bridgehead atoms. The lowest BCUT2D eigenvalue weighted by Gasteiger charge is -2.10. The molecule has 0 amide bonds. The van der Waals surface area contributed by atoms with Crippen molar-refractivity contribution in [1.29, 1.82) is 0 Å². The second-order valence-electron chi connectivity index (χ2n) is 3.77. The average Bonchev–Trinajstić information content (AvgIpc) is 2.80. The Morgan fingerprint density at radius 2 is 2.06 bits per heavy atom. The van der Waals surface area contributed by atoms with Crippen molar-refractivity contribution in [1.82, 2.24) is 0 Å². The third kappa shape index (κ3) is 3.40. The maximum atomic E-state index is 5.57. The maximum Gasteiger partial charge on any atom is 0.119 e. The molecule has 4 heteroatoms. The van der Waals surface area contributed by atoms with Crippen LogP contribution in [0.1, 0.15) is 6.42 Å². The number of nitrogen functional groups attached to an aromatic ring is 1. The van der Waals surface area contributed by atoms with Gasteiger partial charge in [0.05, 0.1) is 19.3 Å². The molecular weight excluding hydrogens is 206 g/mol. The van der Waals surface area contributed by atoms with Crippen molar-refractivity contribution < 1.29 is 14.2 Å². The molecule has 0 aliphatic carbocycles. The molecule has 0 saturated carbocycles. The Morgan fingerprint density at radius 3 is 2.75 bits per heavy atom. The highest BCUT2D eigenvalue weighted by Gasteiger charge is 2.15. The quantitative estimate of drug-likeness (QED) is 0.606. The average molecular weight is 223 g/mol. The van der Waals surface area contributed by atoms with Crippen LogP contribution in [0.5, 0.6) is 5.75 Å². The number of benzene rings is 1. The SMILES string of the molecule is Nc1ccc(OCCOC2CCOC2)cc1. The van der Waals surface area contributed by atoms with Gasteiger partial charge in [-0.15, -0.1) is 0 Å². The van der Waals surface area contributed by atoms with E-state index in [0.717, 1.165) is 24.5 Å². The van der Waals surface area contributed by atoms with Gasteiger partial charge in [-0.05, 0) is 30.7 Å². The summed E-state index contributed by atoms with van der Waals surface area (Å²) in [6.07, 6.45) is 1.23. The first-order chi connectivity index (χ1) is 7.84. The molecule has 1 aliphatic rings. The predicted molar refractivity (Wildman–Crippen MR) is 61.5 cm³/mol. The minimum Gasteiger partial charge on any atom is -0.491 e. The Kier molecular flexibility index (Phi) is 4.02. The van der Waals surface area contributed by atoms with E-state index >= 15 is 0 Å². The van der Waals surface area contributed by atoms with Crippen LogP contribution >= 0.6 is 0 Å². The van der Waals surface area contributed by atoms with Crippen LogP contribution in [0.2, 0.25) is 0 Å². The van der Waals surface area contributed by atoms with Crippen molar-refractivity contribution in [3.63, 3.8) is 0 Å². The lowest BCUT2D eigenvalue weighted by molar-refractivity contribution is 0.0265. The van der Waals surface area contributed by atoms with Crippen molar-refractivity contribution >= 4 is 5.69 Å². The molecule has 4 nitrogen and oxygen atoms in total. The third-order valence-corrected chi connectivity index (χ3v) is 2.47. The first kappa shape index (κ1) is 11.2. The minimum atomic E-state index is 0.245. The molecule has 1 aliphatic heterocycles. The number of nitrogens with two attached hydrogens (primary N) is 1. The molecule has 1 fully saturated rings. The molecule has 1 saturated heterocycles. The summed E-state index contributed by atoms with van der Waals surface area (Å²) in [4.78, 5) is 0. The first-order valence-corrected chi connectivity index (χ1v) is 5.52. The Bertz CT molecular complexity index is 307. The van der Waals surface area contributed by atoms with Gasteiger partial charge in [0, 0.05) is 12.3 Å². The number of rotatable bonds is 5. The lowest BCUT2D eigenvalue weighted by atomic mass is 10.3. The molecule has 0 aromatic heterocycles. The summed E-state index contributed by atoms with van der Waals surface area (Å²) in [7, 11) is 0. The molecule has 0 radical (unpaired) electrons. The first-order valence-electron chi connectivity index (χ1n) is 5.52. The molecule has 1 aromatic carbocycles. The number of hydrogen-bond acceptors (Lipinski definition) is 4. The highest BCUT2D eigenvalue weighted by Crippen LogP contribution is 2.13. The molecule has 88 valence electrons. The van der Waals surface area contributed by atoms with E-state index in [1.807, 2.05) is 24.3 Å². The second-order valence-corrected chi connectivity index (χ2v) is 3.77. The largest absolute Gasteiger partial charge is 0.491 e. The van der Waals surface area contributed by atoms with E-state index < -0.39 is 0 Å². The molecule has 16 heavy (non-hydrogen) atoms. The topological polar surface area (TPSA) is 53.7 Å². The fourth-order valence-electron chi connectivity index (χ4n) is 1.58. The zero-order chi connectivity index (χ0) is 11.2. The van der Waals surface area contributed by atoms with E-state index in [9.17, 15) is 0 Å². The molecule has 0 spiro atoms. The van der Waals surface area contributed by atoms with Gasteiger partial charge in [-0.2, -0.15) is 0 Å². The van der Waals surface area contributed by atoms with Crippen LogP contribution in [-0.4, -0.2) is 32.5 Å². The molecule has 1 unspecified atom stereocenters. The Labute approximate surface area is 95.3 Å². The van der Waals surface area contributed by atoms with Gasteiger partial charge in [0.25, 0.3) is 0 Å². The van der Waals surface area contributed by atoms with Crippen LogP contribution < -0.4 is 10.5 Å². The van der Waals surface area contributed by atoms with Crippen molar-refractivity contribution in [3.8, 4) is 5.75 Å². The van der Waals surface area contributed by atoms with E-state index in [0.29, 0.717) is 19.8 Å². The number of hydrogen-bond donors (Lipinski definition) is 1. The Balaban J connectivity index is 1.62. The van der Waals surface area contributed by atoms with Gasteiger partial charge in [-0.1, -0.05) is 0 Å². The zero-order valence-electron chi connectivity index (χ0n) is 9.22. The van der Waals surface area contributed by atoms with Crippen molar-refractivity contribution in [3.05, 3.63) is 24.3 Å². The molecule has 1 heterocycles. The van der Waals surface area contributed by atoms with Crippen LogP contribution in [0, 0.1) is 0 Å². The fraction of sp³-hybridized carbons (Fsp3) is 0.500. The van der Waals surface area contributed by atoms with Crippen LogP contribution in [0.3, 0.4) is 0 Å². The molecule has 1 aromatic rings. The van der Waals surface area contributed by atoms with E-state index in [4.69, 9.17) is 19.9 Å². The summed E-state index contributed by atoms with van der Waals surface area (Å²) in [5.41, 5.74) is 6.31. The molecule has 2 rings (SSSR count). The second kappa shape index (κ2) is 5.72. The Morgan fingerprint density at radius 1 is 1.25 bits per heavy atom. The van der Waals surface area contributed by atoms with Gasteiger partial charge >= 0.3 is 0 Å². The van der Waals surface area contributed by atoms with Gasteiger partial charge in [0.2, 0.25) is 0 Å².